The third kappa shape index (κ3) is 5.98. The molecule has 198 valence electrons. The maximum absolute atomic E-state index is 13.8. The lowest BCUT2D eigenvalue weighted by Gasteiger charge is -2.36. The van der Waals surface area contributed by atoms with Gasteiger partial charge in [0.1, 0.15) is 5.82 Å². The Bertz CT molecular complexity index is 1270. The summed E-state index contributed by atoms with van der Waals surface area (Å²) >= 11 is 1.42. The molecule has 1 atom stereocenters. The number of nitrogens with one attached hydrogen (secondary N) is 2. The number of allylic oxidation sites excluding steroid dienone is 1. The number of amides is 2. The first-order valence-corrected chi connectivity index (χ1v) is 13.5. The van der Waals surface area contributed by atoms with Gasteiger partial charge in [0.05, 0.1) is 36.9 Å². The highest BCUT2D eigenvalue weighted by Gasteiger charge is 2.40. The lowest BCUT2D eigenvalue weighted by molar-refractivity contribution is -0.120. The van der Waals surface area contributed by atoms with Gasteiger partial charge in [0.15, 0.2) is 5.17 Å². The molecular formula is C28H30FN5O3S. The predicted molar refractivity (Wildman–Crippen MR) is 147 cm³/mol. The number of carbonyl (C=O) groups excluding carboxylic acids is 2. The number of carbonyl (C=O) groups is 2. The number of nitrogens with zero attached hydrogens (tertiary/aromatic N) is 3. The van der Waals surface area contributed by atoms with Gasteiger partial charge in [-0.25, -0.2) is 9.38 Å². The van der Waals surface area contributed by atoms with E-state index in [1.165, 1.54) is 23.9 Å². The zero-order valence-electron chi connectivity index (χ0n) is 21.2. The fourth-order valence-electron chi connectivity index (χ4n) is 4.75. The number of hydrogen-bond acceptors (Lipinski definition) is 7. The largest absolute Gasteiger partial charge is 0.379 e. The van der Waals surface area contributed by atoms with Crippen LogP contribution < -0.4 is 10.6 Å². The van der Waals surface area contributed by atoms with Crippen LogP contribution in [0.3, 0.4) is 0 Å². The Morgan fingerprint density at radius 2 is 1.84 bits per heavy atom. The van der Waals surface area contributed by atoms with Crippen LogP contribution in [0.2, 0.25) is 0 Å². The second kappa shape index (κ2) is 11.9. The molecule has 0 saturated carbocycles. The molecule has 38 heavy (non-hydrogen) atoms. The van der Waals surface area contributed by atoms with Gasteiger partial charge in [-0.1, -0.05) is 42.1 Å². The van der Waals surface area contributed by atoms with Gasteiger partial charge in [-0.2, -0.15) is 0 Å². The number of thioether (sulfide) groups is 1. The third-order valence-electron chi connectivity index (χ3n) is 6.66. The van der Waals surface area contributed by atoms with E-state index in [1.54, 1.807) is 19.1 Å². The molecule has 0 spiro atoms. The molecule has 0 unspecified atom stereocenters. The van der Waals surface area contributed by atoms with Gasteiger partial charge in [-0.15, -0.1) is 0 Å². The molecule has 10 heteroatoms. The van der Waals surface area contributed by atoms with Crippen molar-refractivity contribution in [1.82, 2.24) is 15.1 Å². The average Bonchev–Trinajstić information content (AvgIpc) is 3.31. The molecule has 0 aliphatic carbocycles. The smallest absolute Gasteiger partial charge is 0.255 e. The summed E-state index contributed by atoms with van der Waals surface area (Å²) in [4.78, 5) is 35.4. The zero-order chi connectivity index (χ0) is 26.5. The fourth-order valence-corrected chi connectivity index (χ4v) is 5.71. The second-order valence-electron chi connectivity index (χ2n) is 9.25. The Morgan fingerprint density at radius 3 is 2.58 bits per heavy atom. The van der Waals surface area contributed by atoms with E-state index >= 15 is 0 Å². The SMILES string of the molecule is CC1=C(C(=O)Nc2ccccc2)[C@H](c2ccc(F)cc2)N2C(CC(=O)NCCN3CCOCC3)=CSC2=N1. The summed E-state index contributed by atoms with van der Waals surface area (Å²) < 4.78 is 19.2. The zero-order valence-corrected chi connectivity index (χ0v) is 22.0. The highest BCUT2D eigenvalue weighted by atomic mass is 32.2. The number of amidine groups is 1. The van der Waals surface area contributed by atoms with Crippen LogP contribution in [-0.4, -0.2) is 66.2 Å². The van der Waals surface area contributed by atoms with Gasteiger partial charge in [0, 0.05) is 37.6 Å². The van der Waals surface area contributed by atoms with Crippen molar-refractivity contribution < 1.29 is 18.7 Å². The van der Waals surface area contributed by atoms with Gasteiger partial charge in [-0.3, -0.25) is 14.5 Å². The second-order valence-corrected chi connectivity index (χ2v) is 10.1. The first-order valence-electron chi connectivity index (χ1n) is 12.6. The van der Waals surface area contributed by atoms with E-state index in [9.17, 15) is 14.0 Å². The van der Waals surface area contributed by atoms with Crippen LogP contribution in [0.25, 0.3) is 0 Å². The normalized spacial score (nSPS) is 19.5. The number of benzene rings is 2. The van der Waals surface area contributed by atoms with Crippen LogP contribution in [0.4, 0.5) is 10.1 Å². The number of rotatable bonds is 8. The maximum atomic E-state index is 13.8. The van der Waals surface area contributed by atoms with Crippen molar-refractivity contribution in [1.29, 1.82) is 0 Å². The third-order valence-corrected chi connectivity index (χ3v) is 7.55. The molecule has 5 rings (SSSR count). The highest BCUT2D eigenvalue weighted by molar-refractivity contribution is 8.16. The summed E-state index contributed by atoms with van der Waals surface area (Å²) in [7, 11) is 0. The molecule has 2 N–H and O–H groups in total. The van der Waals surface area contributed by atoms with E-state index in [-0.39, 0.29) is 24.1 Å². The van der Waals surface area contributed by atoms with Crippen molar-refractivity contribution in [2.75, 3.05) is 44.7 Å². The van der Waals surface area contributed by atoms with Crippen LogP contribution in [0, 0.1) is 5.82 Å². The fraction of sp³-hybridized carbons (Fsp3) is 0.321. The van der Waals surface area contributed by atoms with Crippen molar-refractivity contribution in [3.63, 3.8) is 0 Å². The summed E-state index contributed by atoms with van der Waals surface area (Å²) in [6, 6.07) is 14.8. The quantitative estimate of drug-likeness (QED) is 0.534. The molecule has 0 bridgehead atoms. The van der Waals surface area contributed by atoms with Crippen molar-refractivity contribution in [3.8, 4) is 0 Å². The van der Waals surface area contributed by atoms with E-state index < -0.39 is 6.04 Å². The Kier molecular flexibility index (Phi) is 8.21. The van der Waals surface area contributed by atoms with Crippen LogP contribution in [0.15, 0.2) is 82.0 Å². The number of ether oxygens (including phenoxy) is 1. The Labute approximate surface area is 225 Å². The van der Waals surface area contributed by atoms with Gasteiger partial charge in [-0.05, 0) is 42.2 Å². The van der Waals surface area contributed by atoms with Crippen molar-refractivity contribution >= 4 is 34.4 Å². The van der Waals surface area contributed by atoms with Crippen LogP contribution in [0.5, 0.6) is 0 Å². The van der Waals surface area contributed by atoms with Gasteiger partial charge < -0.3 is 20.3 Å². The molecule has 3 heterocycles. The van der Waals surface area contributed by atoms with Crippen molar-refractivity contribution in [3.05, 3.63) is 88.4 Å². The Hall–Kier alpha value is -3.47. The number of halogens is 1. The molecule has 0 aromatic heterocycles. The van der Waals surface area contributed by atoms with E-state index in [0.29, 0.717) is 41.9 Å². The van der Waals surface area contributed by atoms with Gasteiger partial charge in [0.2, 0.25) is 5.91 Å². The monoisotopic (exact) mass is 535 g/mol. The minimum atomic E-state index is -0.561. The topological polar surface area (TPSA) is 86.3 Å². The van der Waals surface area contributed by atoms with E-state index in [4.69, 9.17) is 9.73 Å². The van der Waals surface area contributed by atoms with Crippen molar-refractivity contribution in [2.45, 2.75) is 19.4 Å². The minimum Gasteiger partial charge on any atom is -0.379 e. The summed E-state index contributed by atoms with van der Waals surface area (Å²) in [5, 5.41) is 8.56. The molecule has 1 fully saturated rings. The summed E-state index contributed by atoms with van der Waals surface area (Å²) in [5.41, 5.74) is 3.17. The first kappa shape index (κ1) is 26.1. The standard InChI is InChI=1S/C28H30FN5O3S/c1-19-25(27(36)32-22-5-3-2-4-6-22)26(20-7-9-21(29)10-8-20)34-23(18-38-28(34)31-19)17-24(35)30-11-12-33-13-15-37-16-14-33/h2-10,18,26H,11-17H2,1H3,(H,30,35)(H,32,36)/t26-/m0/s1. The highest BCUT2D eigenvalue weighted by Crippen LogP contribution is 2.44. The van der Waals surface area contributed by atoms with E-state index in [2.05, 4.69) is 15.5 Å². The number of fused-ring (bicyclic) bond motifs is 1. The summed E-state index contributed by atoms with van der Waals surface area (Å²) in [5.74, 6) is -0.761. The molecule has 3 aliphatic heterocycles. The van der Waals surface area contributed by atoms with E-state index in [1.807, 2.05) is 40.6 Å². The molecule has 2 aromatic rings. The minimum absolute atomic E-state index is 0.106. The number of morpholine rings is 1. The lowest BCUT2D eigenvalue weighted by Crippen LogP contribution is -2.42. The lowest BCUT2D eigenvalue weighted by atomic mass is 9.93. The van der Waals surface area contributed by atoms with Crippen LogP contribution in [0.1, 0.15) is 24.9 Å². The van der Waals surface area contributed by atoms with Crippen molar-refractivity contribution in [2.24, 2.45) is 4.99 Å². The first-order chi connectivity index (χ1) is 18.5. The molecule has 2 aromatic carbocycles. The Morgan fingerprint density at radius 1 is 1.11 bits per heavy atom. The average molecular weight is 536 g/mol. The maximum Gasteiger partial charge on any atom is 0.255 e. The Balaban J connectivity index is 1.36. The predicted octanol–water partition coefficient (Wildman–Crippen LogP) is 3.88. The number of para-hydroxylation sites is 1. The van der Waals surface area contributed by atoms with Crippen LogP contribution in [-0.2, 0) is 14.3 Å². The molecule has 1 saturated heterocycles. The molecule has 2 amide bonds. The van der Waals surface area contributed by atoms with Gasteiger partial charge in [0.25, 0.3) is 5.91 Å². The number of aliphatic imine (C=N–C) groups is 1. The summed E-state index contributed by atoms with van der Waals surface area (Å²) in [6.45, 7) is 6.28. The molecule has 3 aliphatic rings. The molecule has 8 nitrogen and oxygen atoms in total. The molecule has 0 radical (unpaired) electrons. The number of hydrogen-bond donors (Lipinski definition) is 2. The number of anilines is 1. The van der Waals surface area contributed by atoms with Crippen LogP contribution >= 0.6 is 11.8 Å². The van der Waals surface area contributed by atoms with Gasteiger partial charge >= 0.3 is 0 Å². The summed E-state index contributed by atoms with van der Waals surface area (Å²) in [6.07, 6.45) is 0.138. The van der Waals surface area contributed by atoms with E-state index in [0.717, 1.165) is 30.9 Å². The molecular weight excluding hydrogens is 505 g/mol.